The molecule has 2 aromatic carbocycles. The first kappa shape index (κ1) is 21.2. The maximum Gasteiger partial charge on any atom is 0.251 e. The molecule has 0 bridgehead atoms. The van der Waals surface area contributed by atoms with Gasteiger partial charge in [-0.2, -0.15) is 0 Å². The Morgan fingerprint density at radius 3 is 2.76 bits per heavy atom. The molecule has 1 unspecified atom stereocenters. The van der Waals surface area contributed by atoms with Crippen LogP contribution in [0.25, 0.3) is 0 Å². The summed E-state index contributed by atoms with van der Waals surface area (Å²) in [6.07, 6.45) is 0. The van der Waals surface area contributed by atoms with Crippen LogP contribution in [-0.4, -0.2) is 49.2 Å². The number of thioether (sulfide) groups is 1. The second-order valence-corrected chi connectivity index (χ2v) is 7.79. The van der Waals surface area contributed by atoms with Crippen LogP contribution in [0, 0.1) is 0 Å². The lowest BCUT2D eigenvalue weighted by molar-refractivity contribution is -0.113. The third kappa shape index (κ3) is 5.10. The number of methoxy groups -OCH3 is 1. The number of hydrogen-bond acceptors (Lipinski definition) is 5. The molecule has 0 radical (unpaired) electrons. The molecule has 1 aliphatic rings. The van der Waals surface area contributed by atoms with Crippen LogP contribution < -0.4 is 15.4 Å². The number of anilines is 1. The van der Waals surface area contributed by atoms with E-state index in [-0.39, 0.29) is 17.9 Å². The highest BCUT2D eigenvalue weighted by Gasteiger charge is 2.21. The van der Waals surface area contributed by atoms with Crippen molar-refractivity contribution in [2.45, 2.75) is 24.8 Å². The SMILES string of the molecule is CCN(CC)C(CNC(=O)c1ccc2c(c1)NC(=O)CS2)c1cccc(OC)c1. The first-order chi connectivity index (χ1) is 14.0. The van der Waals surface area contributed by atoms with Gasteiger partial charge in [0.05, 0.1) is 24.6 Å². The van der Waals surface area contributed by atoms with Crippen LogP contribution >= 0.6 is 11.8 Å². The Bertz CT molecular complexity index is 883. The number of fused-ring (bicyclic) bond motifs is 1. The van der Waals surface area contributed by atoms with E-state index in [1.54, 1.807) is 19.2 Å². The molecule has 2 amide bonds. The molecule has 2 aromatic rings. The smallest absolute Gasteiger partial charge is 0.251 e. The van der Waals surface area contributed by atoms with Crippen LogP contribution in [0.15, 0.2) is 47.4 Å². The van der Waals surface area contributed by atoms with Gasteiger partial charge in [-0.05, 0) is 49.0 Å². The summed E-state index contributed by atoms with van der Waals surface area (Å²) in [7, 11) is 1.65. The van der Waals surface area contributed by atoms with E-state index in [0.717, 1.165) is 29.3 Å². The van der Waals surface area contributed by atoms with E-state index >= 15 is 0 Å². The number of carbonyl (C=O) groups is 2. The zero-order valence-electron chi connectivity index (χ0n) is 17.0. The monoisotopic (exact) mass is 413 g/mol. The second kappa shape index (κ2) is 9.80. The summed E-state index contributed by atoms with van der Waals surface area (Å²) >= 11 is 1.48. The number of carbonyl (C=O) groups excluding carboxylic acids is 2. The Labute approximate surface area is 176 Å². The first-order valence-corrected chi connectivity index (χ1v) is 10.8. The highest BCUT2D eigenvalue weighted by Crippen LogP contribution is 2.32. The molecule has 29 heavy (non-hydrogen) atoms. The molecule has 0 aliphatic carbocycles. The van der Waals surface area contributed by atoms with Crippen LogP contribution in [0.4, 0.5) is 5.69 Å². The third-order valence-electron chi connectivity index (χ3n) is 5.06. The quantitative estimate of drug-likeness (QED) is 0.693. The Hall–Kier alpha value is -2.51. The summed E-state index contributed by atoms with van der Waals surface area (Å²) in [5.74, 6) is 1.01. The molecule has 7 heteroatoms. The molecule has 0 aromatic heterocycles. The fourth-order valence-corrected chi connectivity index (χ4v) is 4.28. The summed E-state index contributed by atoms with van der Waals surface area (Å²) in [5, 5.41) is 5.89. The van der Waals surface area contributed by atoms with Crippen molar-refractivity contribution in [3.8, 4) is 5.75 Å². The van der Waals surface area contributed by atoms with Crippen LogP contribution in [0.2, 0.25) is 0 Å². The van der Waals surface area contributed by atoms with Crippen LogP contribution in [-0.2, 0) is 4.79 Å². The van der Waals surface area contributed by atoms with E-state index in [2.05, 4.69) is 35.4 Å². The molecular formula is C22H27N3O3S. The van der Waals surface area contributed by atoms with Gasteiger partial charge >= 0.3 is 0 Å². The summed E-state index contributed by atoms with van der Waals surface area (Å²) in [4.78, 5) is 27.7. The summed E-state index contributed by atoms with van der Waals surface area (Å²) in [6, 6.07) is 13.4. The van der Waals surface area contributed by atoms with E-state index in [4.69, 9.17) is 4.74 Å². The average molecular weight is 414 g/mol. The molecule has 3 rings (SSSR count). The van der Waals surface area contributed by atoms with Gasteiger partial charge in [0.1, 0.15) is 5.75 Å². The predicted octanol–water partition coefficient (Wildman–Crippen LogP) is 3.55. The molecule has 1 atom stereocenters. The molecular weight excluding hydrogens is 386 g/mol. The van der Waals surface area contributed by atoms with Crippen molar-refractivity contribution in [3.63, 3.8) is 0 Å². The van der Waals surface area contributed by atoms with Crippen molar-refractivity contribution in [2.24, 2.45) is 0 Å². The Balaban J connectivity index is 1.75. The fourth-order valence-electron chi connectivity index (χ4n) is 3.49. The minimum Gasteiger partial charge on any atom is -0.497 e. The fraction of sp³-hybridized carbons (Fsp3) is 0.364. The van der Waals surface area contributed by atoms with Gasteiger partial charge in [0, 0.05) is 17.0 Å². The number of hydrogen-bond donors (Lipinski definition) is 2. The van der Waals surface area contributed by atoms with Gasteiger partial charge < -0.3 is 15.4 Å². The Morgan fingerprint density at radius 1 is 1.24 bits per heavy atom. The van der Waals surface area contributed by atoms with Crippen LogP contribution in [0.3, 0.4) is 0 Å². The van der Waals surface area contributed by atoms with Gasteiger partial charge in [-0.25, -0.2) is 0 Å². The van der Waals surface area contributed by atoms with E-state index in [1.165, 1.54) is 11.8 Å². The lowest BCUT2D eigenvalue weighted by Crippen LogP contribution is -2.38. The number of rotatable bonds is 8. The van der Waals surface area contributed by atoms with E-state index in [9.17, 15) is 9.59 Å². The zero-order valence-corrected chi connectivity index (χ0v) is 17.8. The molecule has 1 heterocycles. The van der Waals surface area contributed by atoms with Crippen molar-refractivity contribution in [2.75, 3.05) is 37.8 Å². The first-order valence-electron chi connectivity index (χ1n) is 9.78. The highest BCUT2D eigenvalue weighted by atomic mass is 32.2. The minimum atomic E-state index is -0.155. The molecule has 0 fully saturated rings. The van der Waals surface area contributed by atoms with E-state index in [1.807, 2.05) is 24.3 Å². The molecule has 154 valence electrons. The molecule has 0 saturated carbocycles. The molecule has 6 nitrogen and oxygen atoms in total. The van der Waals surface area contributed by atoms with Gasteiger partial charge in [0.25, 0.3) is 5.91 Å². The van der Waals surface area contributed by atoms with E-state index in [0.29, 0.717) is 23.5 Å². The van der Waals surface area contributed by atoms with Gasteiger partial charge in [-0.15, -0.1) is 11.8 Å². The number of ether oxygens (including phenoxy) is 1. The summed E-state index contributed by atoms with van der Waals surface area (Å²) in [6.45, 7) is 6.45. The van der Waals surface area contributed by atoms with Crippen LogP contribution in [0.5, 0.6) is 5.75 Å². The zero-order chi connectivity index (χ0) is 20.8. The molecule has 2 N–H and O–H groups in total. The highest BCUT2D eigenvalue weighted by molar-refractivity contribution is 8.00. The number of amides is 2. The topological polar surface area (TPSA) is 70.7 Å². The number of nitrogens with zero attached hydrogens (tertiary/aromatic N) is 1. The van der Waals surface area contributed by atoms with Crippen molar-refractivity contribution in [1.29, 1.82) is 0 Å². The number of benzene rings is 2. The van der Waals surface area contributed by atoms with Gasteiger partial charge in [0.2, 0.25) is 5.91 Å². The molecule has 1 aliphatic heterocycles. The van der Waals surface area contributed by atoms with Gasteiger partial charge in [-0.3, -0.25) is 14.5 Å². The maximum absolute atomic E-state index is 12.8. The van der Waals surface area contributed by atoms with Crippen molar-refractivity contribution in [1.82, 2.24) is 10.2 Å². The Kier molecular flexibility index (Phi) is 7.17. The van der Waals surface area contributed by atoms with Gasteiger partial charge in [0.15, 0.2) is 0 Å². The van der Waals surface area contributed by atoms with Gasteiger partial charge in [-0.1, -0.05) is 26.0 Å². The number of likely N-dealkylation sites (N-methyl/N-ethyl adjacent to an activating group) is 1. The van der Waals surface area contributed by atoms with Crippen molar-refractivity contribution in [3.05, 3.63) is 53.6 Å². The third-order valence-corrected chi connectivity index (χ3v) is 6.14. The minimum absolute atomic E-state index is 0.0388. The lowest BCUT2D eigenvalue weighted by atomic mass is 10.0. The van der Waals surface area contributed by atoms with Crippen molar-refractivity contribution >= 4 is 29.3 Å². The number of nitrogens with one attached hydrogen (secondary N) is 2. The maximum atomic E-state index is 12.8. The average Bonchev–Trinajstić information content (AvgIpc) is 2.75. The normalized spacial score (nSPS) is 14.1. The van der Waals surface area contributed by atoms with Crippen molar-refractivity contribution < 1.29 is 14.3 Å². The largest absolute Gasteiger partial charge is 0.497 e. The standard InChI is InChI=1S/C22H27N3O3S/c1-4-25(5-2)19(15-7-6-8-17(11-15)28-3)13-23-22(27)16-9-10-20-18(12-16)24-21(26)14-29-20/h6-12,19H,4-5,13-14H2,1-3H3,(H,23,27)(H,24,26). The molecule has 0 spiro atoms. The van der Waals surface area contributed by atoms with Crippen LogP contribution in [0.1, 0.15) is 35.8 Å². The predicted molar refractivity (Wildman–Crippen MR) is 117 cm³/mol. The second-order valence-electron chi connectivity index (χ2n) is 6.77. The van der Waals surface area contributed by atoms with E-state index < -0.39 is 0 Å². The summed E-state index contributed by atoms with van der Waals surface area (Å²) < 4.78 is 5.37. The Morgan fingerprint density at radius 2 is 2.03 bits per heavy atom. The lowest BCUT2D eigenvalue weighted by Gasteiger charge is -2.30. The molecule has 0 saturated heterocycles. The summed E-state index contributed by atoms with van der Waals surface area (Å²) in [5.41, 5.74) is 2.34.